The summed E-state index contributed by atoms with van der Waals surface area (Å²) in [5, 5.41) is 5.04. The van der Waals surface area contributed by atoms with Gasteiger partial charge in [-0.15, -0.1) is 0 Å². The van der Waals surface area contributed by atoms with Crippen molar-refractivity contribution in [1.82, 2.24) is 15.3 Å². The number of nitrogens with zero attached hydrogens (tertiary/aromatic N) is 2. The number of para-hydroxylation sites is 1. The summed E-state index contributed by atoms with van der Waals surface area (Å²) >= 11 is 0. The van der Waals surface area contributed by atoms with Gasteiger partial charge in [0.25, 0.3) is 15.9 Å². The van der Waals surface area contributed by atoms with Crippen molar-refractivity contribution in [3.05, 3.63) is 72.2 Å². The van der Waals surface area contributed by atoms with Crippen LogP contribution in [-0.4, -0.2) is 43.4 Å². The van der Waals surface area contributed by atoms with E-state index < -0.39 is 21.8 Å². The van der Waals surface area contributed by atoms with Crippen LogP contribution in [0.5, 0.6) is 5.75 Å². The maximum atomic E-state index is 12.6. The molecule has 0 saturated heterocycles. The molecule has 33 heavy (non-hydrogen) atoms. The van der Waals surface area contributed by atoms with E-state index in [1.807, 2.05) is 6.07 Å². The molecule has 3 aromatic rings. The van der Waals surface area contributed by atoms with Gasteiger partial charge in [-0.05, 0) is 50.2 Å². The van der Waals surface area contributed by atoms with Crippen molar-refractivity contribution in [3.8, 4) is 5.75 Å². The normalized spacial score (nSPS) is 10.8. The molecule has 1 aromatic heterocycles. The lowest BCUT2D eigenvalue weighted by molar-refractivity contribution is -0.125. The molecule has 3 N–H and O–H groups in total. The van der Waals surface area contributed by atoms with Gasteiger partial charge in [-0.1, -0.05) is 18.2 Å². The summed E-state index contributed by atoms with van der Waals surface area (Å²) in [4.78, 5) is 32.1. The van der Waals surface area contributed by atoms with Crippen LogP contribution in [0.15, 0.2) is 65.6 Å². The number of hydrogen-bond acceptors (Lipinski definition) is 7. The van der Waals surface area contributed by atoms with Crippen LogP contribution in [0.1, 0.15) is 11.5 Å². The molecular formula is C22H23N5O5S. The number of anilines is 2. The first kappa shape index (κ1) is 23.7. The van der Waals surface area contributed by atoms with Gasteiger partial charge < -0.3 is 15.4 Å². The van der Waals surface area contributed by atoms with Gasteiger partial charge >= 0.3 is 0 Å². The highest BCUT2D eigenvalue weighted by atomic mass is 32.2. The fraction of sp³-hybridized carbons (Fsp3) is 0.182. The Morgan fingerprint density at radius 1 is 0.939 bits per heavy atom. The van der Waals surface area contributed by atoms with Gasteiger partial charge in [-0.2, -0.15) is 0 Å². The second kappa shape index (κ2) is 10.6. The average molecular weight is 470 g/mol. The van der Waals surface area contributed by atoms with Gasteiger partial charge in [0, 0.05) is 17.4 Å². The summed E-state index contributed by atoms with van der Waals surface area (Å²) in [6, 6.07) is 16.0. The predicted octanol–water partition coefficient (Wildman–Crippen LogP) is 2.03. The van der Waals surface area contributed by atoms with Crippen LogP contribution < -0.4 is 20.1 Å². The molecule has 11 heteroatoms. The van der Waals surface area contributed by atoms with Crippen molar-refractivity contribution in [3.63, 3.8) is 0 Å². The number of sulfonamides is 1. The van der Waals surface area contributed by atoms with Crippen molar-refractivity contribution in [1.29, 1.82) is 0 Å². The number of carbonyl (C=O) groups excluding carboxylic acids is 2. The van der Waals surface area contributed by atoms with Crippen molar-refractivity contribution in [2.24, 2.45) is 0 Å². The Balaban J connectivity index is 1.50. The molecule has 0 fully saturated rings. The summed E-state index contributed by atoms with van der Waals surface area (Å²) < 4.78 is 32.9. The van der Waals surface area contributed by atoms with Gasteiger partial charge in [0.1, 0.15) is 17.4 Å². The molecular weight excluding hydrogens is 446 g/mol. The zero-order valence-corrected chi connectivity index (χ0v) is 18.8. The molecule has 2 amide bonds. The first-order valence-electron chi connectivity index (χ1n) is 9.91. The minimum Gasteiger partial charge on any atom is -0.484 e. The van der Waals surface area contributed by atoms with Gasteiger partial charge in [0.05, 0.1) is 11.4 Å². The number of ether oxygens (including phenoxy) is 1. The monoisotopic (exact) mass is 469 g/mol. The number of carbonyl (C=O) groups is 2. The topological polar surface area (TPSA) is 139 Å². The SMILES string of the molecule is Cc1cc(NS(=O)(=O)c2ccc(NC(=O)CNC(=O)COc3ccccc3)cc2)nc(C)n1. The van der Waals surface area contributed by atoms with Crippen LogP contribution >= 0.6 is 0 Å². The summed E-state index contributed by atoms with van der Waals surface area (Å²) in [5.74, 6) is 0.251. The number of amides is 2. The van der Waals surface area contributed by atoms with Crippen molar-refractivity contribution >= 4 is 33.3 Å². The van der Waals surface area contributed by atoms with Gasteiger partial charge in [-0.25, -0.2) is 18.4 Å². The Kier molecular flexibility index (Phi) is 7.57. The molecule has 0 aliphatic heterocycles. The Morgan fingerprint density at radius 3 is 2.30 bits per heavy atom. The van der Waals surface area contributed by atoms with Gasteiger partial charge in [-0.3, -0.25) is 14.3 Å². The molecule has 1 heterocycles. The number of aromatic nitrogens is 2. The standard InChI is InChI=1S/C22H23N5O5S/c1-15-12-20(25-16(2)24-15)27-33(30,31)19-10-8-17(9-11-19)26-21(28)13-23-22(29)14-32-18-6-4-3-5-7-18/h3-12H,13-14H2,1-2H3,(H,23,29)(H,26,28)(H,24,25,27). The zero-order valence-electron chi connectivity index (χ0n) is 18.0. The number of benzene rings is 2. The Hall–Kier alpha value is -3.99. The molecule has 0 radical (unpaired) electrons. The van der Waals surface area contributed by atoms with E-state index in [-0.39, 0.29) is 23.9 Å². The summed E-state index contributed by atoms with van der Waals surface area (Å²) in [6.45, 7) is 2.93. The van der Waals surface area contributed by atoms with Crippen LogP contribution in [0.2, 0.25) is 0 Å². The largest absolute Gasteiger partial charge is 0.484 e. The molecule has 172 valence electrons. The summed E-state index contributed by atoms with van der Waals surface area (Å²) in [5.41, 5.74) is 1.01. The number of aryl methyl sites for hydroxylation is 2. The van der Waals surface area contributed by atoms with Crippen molar-refractivity contribution in [2.75, 3.05) is 23.2 Å². The molecule has 0 saturated carbocycles. The number of rotatable bonds is 9. The number of nitrogens with one attached hydrogen (secondary N) is 3. The number of hydrogen-bond donors (Lipinski definition) is 3. The van der Waals surface area contributed by atoms with E-state index in [4.69, 9.17) is 4.74 Å². The fourth-order valence-corrected chi connectivity index (χ4v) is 3.78. The van der Waals surface area contributed by atoms with Crippen LogP contribution in [0.4, 0.5) is 11.5 Å². The Morgan fingerprint density at radius 2 is 1.64 bits per heavy atom. The maximum Gasteiger partial charge on any atom is 0.263 e. The van der Waals surface area contributed by atoms with Crippen molar-refractivity contribution in [2.45, 2.75) is 18.7 Å². The first-order chi connectivity index (χ1) is 15.7. The zero-order chi connectivity index (χ0) is 23.8. The van der Waals surface area contributed by atoms with E-state index in [0.29, 0.717) is 23.0 Å². The third-order valence-corrected chi connectivity index (χ3v) is 5.58. The first-order valence-corrected chi connectivity index (χ1v) is 11.4. The highest BCUT2D eigenvalue weighted by Gasteiger charge is 2.16. The van der Waals surface area contributed by atoms with E-state index in [0.717, 1.165) is 0 Å². The summed E-state index contributed by atoms with van der Waals surface area (Å²) in [6.07, 6.45) is 0. The van der Waals surface area contributed by atoms with Crippen LogP contribution in [0, 0.1) is 13.8 Å². The molecule has 10 nitrogen and oxygen atoms in total. The molecule has 2 aromatic carbocycles. The summed E-state index contributed by atoms with van der Waals surface area (Å²) in [7, 11) is -3.87. The van der Waals surface area contributed by atoms with Crippen LogP contribution in [-0.2, 0) is 19.6 Å². The minimum atomic E-state index is -3.87. The van der Waals surface area contributed by atoms with E-state index in [1.165, 1.54) is 30.3 Å². The molecule has 0 aliphatic rings. The predicted molar refractivity (Wildman–Crippen MR) is 122 cm³/mol. The minimum absolute atomic E-state index is 0.000723. The average Bonchev–Trinajstić information content (AvgIpc) is 2.76. The molecule has 0 aliphatic carbocycles. The lowest BCUT2D eigenvalue weighted by Crippen LogP contribution is -2.35. The Bertz CT molecular complexity index is 1210. The van der Waals surface area contributed by atoms with Crippen molar-refractivity contribution < 1.29 is 22.7 Å². The molecule has 0 bridgehead atoms. The van der Waals surface area contributed by atoms with Crippen LogP contribution in [0.3, 0.4) is 0 Å². The maximum absolute atomic E-state index is 12.6. The van der Waals surface area contributed by atoms with Gasteiger partial charge in [0.2, 0.25) is 5.91 Å². The third-order valence-electron chi connectivity index (χ3n) is 4.21. The quantitative estimate of drug-likeness (QED) is 0.436. The lowest BCUT2D eigenvalue weighted by atomic mass is 10.3. The van der Waals surface area contributed by atoms with E-state index >= 15 is 0 Å². The fourth-order valence-electron chi connectivity index (χ4n) is 2.78. The van der Waals surface area contributed by atoms with E-state index in [9.17, 15) is 18.0 Å². The Labute approximate surface area is 191 Å². The third kappa shape index (κ3) is 7.28. The van der Waals surface area contributed by atoms with Crippen LogP contribution in [0.25, 0.3) is 0 Å². The lowest BCUT2D eigenvalue weighted by Gasteiger charge is -2.10. The highest BCUT2D eigenvalue weighted by Crippen LogP contribution is 2.18. The second-order valence-electron chi connectivity index (χ2n) is 7.00. The van der Waals surface area contributed by atoms with E-state index in [2.05, 4.69) is 25.3 Å². The van der Waals surface area contributed by atoms with E-state index in [1.54, 1.807) is 38.1 Å². The molecule has 0 spiro atoms. The van der Waals surface area contributed by atoms with Gasteiger partial charge in [0.15, 0.2) is 6.61 Å². The highest BCUT2D eigenvalue weighted by molar-refractivity contribution is 7.92. The molecule has 0 atom stereocenters. The molecule has 3 rings (SSSR count). The smallest absolute Gasteiger partial charge is 0.263 e. The second-order valence-corrected chi connectivity index (χ2v) is 8.68. The molecule has 0 unspecified atom stereocenters.